The minimum atomic E-state index is -0.180. The molecule has 0 saturated carbocycles. The van der Waals surface area contributed by atoms with E-state index in [9.17, 15) is 0 Å². The van der Waals surface area contributed by atoms with Crippen LogP contribution in [0.2, 0.25) is 0 Å². The molecule has 0 fully saturated rings. The molecular formula is C15H18N2O3. The summed E-state index contributed by atoms with van der Waals surface area (Å²) < 4.78 is 16.9. The first-order valence-corrected chi connectivity index (χ1v) is 6.66. The van der Waals surface area contributed by atoms with E-state index in [0.717, 1.165) is 23.6 Å². The van der Waals surface area contributed by atoms with Gasteiger partial charge in [0.25, 0.3) is 0 Å². The van der Waals surface area contributed by atoms with Gasteiger partial charge in [-0.05, 0) is 19.9 Å². The van der Waals surface area contributed by atoms with Crippen molar-refractivity contribution in [2.45, 2.75) is 39.0 Å². The molecule has 5 heteroatoms. The Morgan fingerprint density at radius 1 is 1.40 bits per heavy atom. The van der Waals surface area contributed by atoms with Gasteiger partial charge >= 0.3 is 0 Å². The van der Waals surface area contributed by atoms with Gasteiger partial charge in [-0.3, -0.25) is 0 Å². The third kappa shape index (κ3) is 2.49. The number of aromatic nitrogens is 1. The van der Waals surface area contributed by atoms with Crippen molar-refractivity contribution in [1.82, 2.24) is 5.16 Å². The SMILES string of the molecule is CC1(C)Cc2cccc(OCc3cc(CN)no3)c2O1. The molecule has 0 aliphatic carbocycles. The second-order valence-electron chi connectivity index (χ2n) is 5.56. The van der Waals surface area contributed by atoms with E-state index in [4.69, 9.17) is 19.7 Å². The van der Waals surface area contributed by atoms with E-state index < -0.39 is 0 Å². The van der Waals surface area contributed by atoms with Crippen LogP contribution in [0.4, 0.5) is 0 Å². The third-order valence-electron chi connectivity index (χ3n) is 3.24. The molecule has 0 radical (unpaired) electrons. The summed E-state index contributed by atoms with van der Waals surface area (Å²) in [4.78, 5) is 0. The van der Waals surface area contributed by atoms with Gasteiger partial charge in [0, 0.05) is 24.6 Å². The van der Waals surface area contributed by atoms with Crippen LogP contribution < -0.4 is 15.2 Å². The lowest BCUT2D eigenvalue weighted by molar-refractivity contribution is 0.130. The number of hydrogen-bond donors (Lipinski definition) is 1. The number of nitrogens with zero attached hydrogens (tertiary/aromatic N) is 1. The molecule has 5 nitrogen and oxygen atoms in total. The standard InChI is InChI=1S/C15H18N2O3/c1-15(2)7-10-4-3-5-13(14(10)19-15)18-9-12-6-11(8-16)17-20-12/h3-6H,7-9,16H2,1-2H3. The quantitative estimate of drug-likeness (QED) is 0.927. The van der Waals surface area contributed by atoms with E-state index in [1.807, 2.05) is 12.1 Å². The molecule has 3 rings (SSSR count). The normalized spacial score (nSPS) is 15.8. The highest BCUT2D eigenvalue weighted by Gasteiger charge is 2.32. The number of fused-ring (bicyclic) bond motifs is 1. The highest BCUT2D eigenvalue weighted by atomic mass is 16.5. The molecule has 0 bridgehead atoms. The molecule has 1 aromatic carbocycles. The molecule has 0 spiro atoms. The number of hydrogen-bond acceptors (Lipinski definition) is 5. The summed E-state index contributed by atoms with van der Waals surface area (Å²) in [6, 6.07) is 7.75. The summed E-state index contributed by atoms with van der Waals surface area (Å²) >= 11 is 0. The maximum absolute atomic E-state index is 5.95. The van der Waals surface area contributed by atoms with Crippen LogP contribution >= 0.6 is 0 Å². The van der Waals surface area contributed by atoms with Crippen molar-refractivity contribution in [3.05, 3.63) is 41.3 Å². The Labute approximate surface area is 117 Å². The molecule has 0 unspecified atom stereocenters. The minimum absolute atomic E-state index is 0.180. The summed E-state index contributed by atoms with van der Waals surface area (Å²) in [5.74, 6) is 2.22. The van der Waals surface area contributed by atoms with Gasteiger partial charge in [-0.25, -0.2) is 0 Å². The van der Waals surface area contributed by atoms with Gasteiger partial charge in [-0.1, -0.05) is 17.3 Å². The van der Waals surface area contributed by atoms with E-state index in [1.165, 1.54) is 5.56 Å². The van der Waals surface area contributed by atoms with Gasteiger partial charge < -0.3 is 19.7 Å². The van der Waals surface area contributed by atoms with E-state index >= 15 is 0 Å². The second kappa shape index (κ2) is 4.83. The van der Waals surface area contributed by atoms with Crippen molar-refractivity contribution in [1.29, 1.82) is 0 Å². The first-order valence-electron chi connectivity index (χ1n) is 6.66. The zero-order chi connectivity index (χ0) is 14.2. The number of benzene rings is 1. The van der Waals surface area contributed by atoms with E-state index in [0.29, 0.717) is 18.9 Å². The van der Waals surface area contributed by atoms with Crippen LogP contribution in [0.5, 0.6) is 11.5 Å². The number of rotatable bonds is 4. The van der Waals surface area contributed by atoms with Crippen molar-refractivity contribution in [2.24, 2.45) is 5.73 Å². The molecule has 0 atom stereocenters. The van der Waals surface area contributed by atoms with Crippen LogP contribution in [0.1, 0.15) is 30.9 Å². The van der Waals surface area contributed by atoms with Crippen molar-refractivity contribution in [3.63, 3.8) is 0 Å². The fourth-order valence-electron chi connectivity index (χ4n) is 2.37. The summed E-state index contributed by atoms with van der Waals surface area (Å²) in [5.41, 5.74) is 7.21. The van der Waals surface area contributed by atoms with Gasteiger partial charge in [0.2, 0.25) is 0 Å². The highest BCUT2D eigenvalue weighted by molar-refractivity contribution is 5.50. The monoisotopic (exact) mass is 274 g/mol. The molecule has 20 heavy (non-hydrogen) atoms. The van der Waals surface area contributed by atoms with E-state index in [2.05, 4.69) is 25.1 Å². The Bertz CT molecular complexity index is 619. The molecule has 1 aliphatic heterocycles. The fourth-order valence-corrected chi connectivity index (χ4v) is 2.37. The Hall–Kier alpha value is -2.01. The van der Waals surface area contributed by atoms with Crippen molar-refractivity contribution < 1.29 is 14.0 Å². The molecule has 2 aromatic rings. The van der Waals surface area contributed by atoms with Crippen LogP contribution in [0.25, 0.3) is 0 Å². The molecule has 0 saturated heterocycles. The van der Waals surface area contributed by atoms with E-state index in [-0.39, 0.29) is 5.60 Å². The van der Waals surface area contributed by atoms with Gasteiger partial charge in [0.1, 0.15) is 12.2 Å². The lowest BCUT2D eigenvalue weighted by Gasteiger charge is -2.18. The van der Waals surface area contributed by atoms with Crippen LogP contribution in [-0.2, 0) is 19.6 Å². The molecule has 2 heterocycles. The van der Waals surface area contributed by atoms with Crippen molar-refractivity contribution in [2.75, 3.05) is 0 Å². The second-order valence-corrected chi connectivity index (χ2v) is 5.56. The average molecular weight is 274 g/mol. The third-order valence-corrected chi connectivity index (χ3v) is 3.24. The Kier molecular flexibility index (Phi) is 3.14. The predicted octanol–water partition coefficient (Wildman–Crippen LogP) is 2.43. The van der Waals surface area contributed by atoms with Crippen LogP contribution in [0.3, 0.4) is 0 Å². The largest absolute Gasteiger partial charge is 0.483 e. The summed E-state index contributed by atoms with van der Waals surface area (Å²) in [6.45, 7) is 4.82. The van der Waals surface area contributed by atoms with Gasteiger partial charge in [0.05, 0.1) is 5.69 Å². The maximum Gasteiger partial charge on any atom is 0.174 e. The zero-order valence-corrected chi connectivity index (χ0v) is 11.7. The molecule has 106 valence electrons. The van der Waals surface area contributed by atoms with Crippen LogP contribution in [-0.4, -0.2) is 10.8 Å². The number of para-hydroxylation sites is 1. The molecule has 1 aromatic heterocycles. The van der Waals surface area contributed by atoms with Crippen molar-refractivity contribution in [3.8, 4) is 11.5 Å². The highest BCUT2D eigenvalue weighted by Crippen LogP contribution is 2.41. The van der Waals surface area contributed by atoms with Gasteiger partial charge in [-0.15, -0.1) is 0 Å². The Morgan fingerprint density at radius 2 is 2.25 bits per heavy atom. The topological polar surface area (TPSA) is 70.5 Å². The number of ether oxygens (including phenoxy) is 2. The Morgan fingerprint density at radius 3 is 3.00 bits per heavy atom. The first kappa shape index (κ1) is 13.0. The minimum Gasteiger partial charge on any atom is -0.483 e. The average Bonchev–Trinajstić information content (AvgIpc) is 2.98. The van der Waals surface area contributed by atoms with Gasteiger partial charge in [-0.2, -0.15) is 0 Å². The van der Waals surface area contributed by atoms with Crippen LogP contribution in [0, 0.1) is 0 Å². The molecule has 1 aliphatic rings. The maximum atomic E-state index is 5.95. The molecular weight excluding hydrogens is 256 g/mol. The summed E-state index contributed by atoms with van der Waals surface area (Å²) in [6.07, 6.45) is 0.888. The lowest BCUT2D eigenvalue weighted by atomic mass is 10.0. The summed E-state index contributed by atoms with van der Waals surface area (Å²) in [7, 11) is 0. The van der Waals surface area contributed by atoms with E-state index in [1.54, 1.807) is 6.07 Å². The number of nitrogens with two attached hydrogens (primary N) is 1. The van der Waals surface area contributed by atoms with Crippen LogP contribution in [0.15, 0.2) is 28.8 Å². The smallest absolute Gasteiger partial charge is 0.174 e. The molecule has 0 amide bonds. The zero-order valence-electron chi connectivity index (χ0n) is 11.7. The Balaban J connectivity index is 1.75. The predicted molar refractivity (Wildman–Crippen MR) is 73.6 cm³/mol. The summed E-state index contributed by atoms with van der Waals surface area (Å²) in [5, 5.41) is 3.83. The first-order chi connectivity index (χ1) is 9.57. The molecule has 2 N–H and O–H groups in total. The lowest BCUT2D eigenvalue weighted by Crippen LogP contribution is -2.24. The van der Waals surface area contributed by atoms with Crippen molar-refractivity contribution >= 4 is 0 Å². The fraction of sp³-hybridized carbons (Fsp3) is 0.400. The van der Waals surface area contributed by atoms with Gasteiger partial charge in [0.15, 0.2) is 17.3 Å².